The van der Waals surface area contributed by atoms with Crippen molar-refractivity contribution in [2.45, 2.75) is 6.18 Å². The highest BCUT2D eigenvalue weighted by atomic mass is 19.4. The van der Waals surface area contributed by atoms with E-state index in [1.54, 1.807) is 0 Å². The van der Waals surface area contributed by atoms with Crippen LogP contribution in [-0.2, 0) is 6.18 Å². The van der Waals surface area contributed by atoms with Gasteiger partial charge in [-0.2, -0.15) is 18.2 Å². The third-order valence-electron chi connectivity index (χ3n) is 2.86. The van der Waals surface area contributed by atoms with Gasteiger partial charge in [0, 0.05) is 11.3 Å². The van der Waals surface area contributed by atoms with Gasteiger partial charge < -0.3 is 15.4 Å². The predicted molar refractivity (Wildman–Crippen MR) is 82.5 cm³/mol. The van der Waals surface area contributed by atoms with Crippen molar-refractivity contribution in [2.24, 2.45) is 0 Å². The Morgan fingerprint density at radius 3 is 2.04 bits per heavy atom. The predicted octanol–water partition coefficient (Wildman–Crippen LogP) is 3.72. The van der Waals surface area contributed by atoms with Gasteiger partial charge >= 0.3 is 18.0 Å². The summed E-state index contributed by atoms with van der Waals surface area (Å²) in [5.74, 6) is -2.83. The largest absolute Gasteiger partial charge is 0.478 e. The van der Waals surface area contributed by atoms with Crippen molar-refractivity contribution in [3.05, 3.63) is 66.1 Å². The first kappa shape index (κ1) is 18.0. The van der Waals surface area contributed by atoms with E-state index >= 15 is 0 Å². The highest BCUT2D eigenvalue weighted by Gasteiger charge is 2.38. The lowest BCUT2D eigenvalue weighted by molar-refractivity contribution is -0.159. The number of rotatable bonds is 2. The molecular weight excluding hydrogens is 339 g/mol. The quantitative estimate of drug-likeness (QED) is 0.682. The molecule has 9 heteroatoms. The molecule has 0 bridgehead atoms. The second-order valence-electron chi connectivity index (χ2n) is 4.71. The fraction of sp³-hybridized carbons (Fsp3) is 0.0625. The Kier molecular flexibility index (Phi) is 5.38. The van der Waals surface area contributed by atoms with Gasteiger partial charge in [-0.15, -0.1) is 0 Å². The van der Waals surface area contributed by atoms with Crippen molar-refractivity contribution in [2.75, 3.05) is 5.73 Å². The maximum absolute atomic E-state index is 12.2. The number of aromatic carboxylic acids is 1. The van der Waals surface area contributed by atoms with E-state index < -0.39 is 18.0 Å². The summed E-state index contributed by atoms with van der Waals surface area (Å²) in [6, 6.07) is 14.6. The smallest absolute Gasteiger partial charge is 0.471 e. The molecule has 130 valence electrons. The highest BCUT2D eigenvalue weighted by molar-refractivity contribution is 5.88. The normalized spacial score (nSPS) is 10.7. The summed E-state index contributed by atoms with van der Waals surface area (Å²) in [6.45, 7) is 0. The number of anilines is 1. The summed E-state index contributed by atoms with van der Waals surface area (Å²) in [6.07, 6.45) is -4.70. The lowest BCUT2D eigenvalue weighted by Gasteiger charge is -1.97. The van der Waals surface area contributed by atoms with E-state index in [2.05, 4.69) is 14.7 Å². The molecule has 0 aliphatic carbocycles. The monoisotopic (exact) mass is 351 g/mol. The van der Waals surface area contributed by atoms with Gasteiger partial charge in [0.1, 0.15) is 0 Å². The number of nitrogens with two attached hydrogens (primary N) is 1. The Labute approximate surface area is 139 Å². The minimum Gasteiger partial charge on any atom is -0.478 e. The van der Waals surface area contributed by atoms with Crippen LogP contribution in [0.15, 0.2) is 59.1 Å². The minimum atomic E-state index is -4.70. The van der Waals surface area contributed by atoms with Crippen LogP contribution in [0.2, 0.25) is 0 Å². The Morgan fingerprint density at radius 1 is 1.04 bits per heavy atom. The molecule has 0 aliphatic rings. The molecule has 1 aromatic heterocycles. The SMILES string of the molecule is Nc1ccccc1.O=C(O)c1ccc(-c2noc(C(F)(F)F)n2)cc1. The second kappa shape index (κ2) is 7.47. The average molecular weight is 351 g/mol. The van der Waals surface area contributed by atoms with Crippen LogP contribution >= 0.6 is 0 Å². The minimum absolute atomic E-state index is 0.0123. The summed E-state index contributed by atoms with van der Waals surface area (Å²) >= 11 is 0. The fourth-order valence-electron chi connectivity index (χ4n) is 1.67. The third kappa shape index (κ3) is 5.06. The first-order chi connectivity index (χ1) is 11.8. The zero-order valence-corrected chi connectivity index (χ0v) is 12.6. The standard InChI is InChI=1S/C10H5F3N2O3.C6H7N/c11-10(12,13)9-14-7(15-18-9)5-1-3-6(4-2-5)8(16)17;7-6-4-2-1-3-5-6/h1-4H,(H,16,17);1-5H,7H2. The van der Waals surface area contributed by atoms with Gasteiger partial charge in [-0.25, -0.2) is 4.79 Å². The fourth-order valence-corrected chi connectivity index (χ4v) is 1.67. The molecule has 0 aliphatic heterocycles. The average Bonchev–Trinajstić information content (AvgIpc) is 3.06. The number of para-hydroxylation sites is 1. The Hall–Kier alpha value is -3.36. The van der Waals surface area contributed by atoms with Crippen LogP contribution < -0.4 is 5.73 Å². The van der Waals surface area contributed by atoms with E-state index in [-0.39, 0.29) is 17.0 Å². The van der Waals surface area contributed by atoms with Gasteiger partial charge in [0.15, 0.2) is 0 Å². The first-order valence-electron chi connectivity index (χ1n) is 6.82. The van der Waals surface area contributed by atoms with E-state index in [0.29, 0.717) is 0 Å². The highest BCUT2D eigenvalue weighted by Crippen LogP contribution is 2.29. The molecule has 0 fully saturated rings. The van der Waals surface area contributed by atoms with E-state index in [1.165, 1.54) is 24.3 Å². The molecule has 0 radical (unpaired) electrons. The molecule has 6 nitrogen and oxygen atoms in total. The van der Waals surface area contributed by atoms with Crippen LogP contribution in [0.25, 0.3) is 11.4 Å². The molecule has 3 aromatic rings. The van der Waals surface area contributed by atoms with Crippen LogP contribution in [0.5, 0.6) is 0 Å². The topological polar surface area (TPSA) is 102 Å². The van der Waals surface area contributed by atoms with Gasteiger partial charge in [0.05, 0.1) is 5.56 Å². The van der Waals surface area contributed by atoms with Gasteiger partial charge in [-0.05, 0) is 24.3 Å². The van der Waals surface area contributed by atoms with Crippen LogP contribution in [-0.4, -0.2) is 21.2 Å². The van der Waals surface area contributed by atoms with Gasteiger partial charge in [-0.3, -0.25) is 0 Å². The molecule has 3 rings (SSSR count). The number of nitrogen functional groups attached to an aromatic ring is 1. The van der Waals surface area contributed by atoms with Crippen molar-refractivity contribution in [1.29, 1.82) is 0 Å². The summed E-state index contributed by atoms with van der Waals surface area (Å²) in [5.41, 5.74) is 6.43. The van der Waals surface area contributed by atoms with Crippen LogP contribution in [0.3, 0.4) is 0 Å². The number of carbonyl (C=O) groups is 1. The van der Waals surface area contributed by atoms with E-state index in [1.807, 2.05) is 30.3 Å². The number of hydrogen-bond acceptors (Lipinski definition) is 5. The molecule has 0 saturated heterocycles. The van der Waals surface area contributed by atoms with Crippen LogP contribution in [0, 0.1) is 0 Å². The van der Waals surface area contributed by atoms with Gasteiger partial charge in [-0.1, -0.05) is 35.5 Å². The number of carboxylic acids is 1. The number of alkyl halides is 3. The molecule has 25 heavy (non-hydrogen) atoms. The molecule has 2 aromatic carbocycles. The van der Waals surface area contributed by atoms with Crippen molar-refractivity contribution >= 4 is 11.7 Å². The molecule has 0 saturated carbocycles. The van der Waals surface area contributed by atoms with Crippen LogP contribution in [0.1, 0.15) is 16.2 Å². The molecule has 1 heterocycles. The Morgan fingerprint density at radius 2 is 1.64 bits per heavy atom. The lowest BCUT2D eigenvalue weighted by atomic mass is 10.1. The van der Waals surface area contributed by atoms with Crippen molar-refractivity contribution in [1.82, 2.24) is 10.1 Å². The lowest BCUT2D eigenvalue weighted by Crippen LogP contribution is -2.04. The first-order valence-corrected chi connectivity index (χ1v) is 6.82. The molecule has 0 unspecified atom stereocenters. The van der Waals surface area contributed by atoms with Gasteiger partial charge in [0.25, 0.3) is 0 Å². The summed E-state index contributed by atoms with van der Waals surface area (Å²) in [4.78, 5) is 13.8. The number of halogens is 3. The van der Waals surface area contributed by atoms with Crippen molar-refractivity contribution in [3.8, 4) is 11.4 Å². The summed E-state index contributed by atoms with van der Waals surface area (Å²) in [5, 5.41) is 11.8. The van der Waals surface area contributed by atoms with Gasteiger partial charge in [0.2, 0.25) is 5.82 Å². The number of carboxylic acid groups (broad SMARTS) is 1. The van der Waals surface area contributed by atoms with Crippen molar-refractivity contribution < 1.29 is 27.6 Å². The Bertz CT molecular complexity index is 831. The number of benzene rings is 2. The molecule has 3 N–H and O–H groups in total. The summed E-state index contributed by atoms with van der Waals surface area (Å²) < 4.78 is 40.7. The second-order valence-corrected chi connectivity index (χ2v) is 4.71. The zero-order chi connectivity index (χ0) is 18.4. The molecule has 0 spiro atoms. The molecule has 0 atom stereocenters. The number of hydrogen-bond donors (Lipinski definition) is 2. The maximum atomic E-state index is 12.2. The van der Waals surface area contributed by atoms with E-state index in [4.69, 9.17) is 10.8 Å². The molecule has 0 amide bonds. The summed E-state index contributed by atoms with van der Waals surface area (Å²) in [7, 11) is 0. The third-order valence-corrected chi connectivity index (χ3v) is 2.86. The molecular formula is C16H12F3N3O3. The number of aromatic nitrogens is 2. The number of nitrogens with zero attached hydrogens (tertiary/aromatic N) is 2. The van der Waals surface area contributed by atoms with Crippen molar-refractivity contribution in [3.63, 3.8) is 0 Å². The van der Waals surface area contributed by atoms with E-state index in [9.17, 15) is 18.0 Å². The van der Waals surface area contributed by atoms with Crippen LogP contribution in [0.4, 0.5) is 18.9 Å². The van der Waals surface area contributed by atoms with E-state index in [0.717, 1.165) is 5.69 Å². The zero-order valence-electron chi connectivity index (χ0n) is 12.6. The Balaban J connectivity index is 0.000000269. The maximum Gasteiger partial charge on any atom is 0.471 e.